The van der Waals surface area contributed by atoms with Gasteiger partial charge in [0.2, 0.25) is 0 Å². The van der Waals surface area contributed by atoms with Crippen LogP contribution in [0.25, 0.3) is 10.2 Å². The number of anilines is 1. The molecule has 0 saturated carbocycles. The number of ether oxygens (including phenoxy) is 2. The van der Waals surface area contributed by atoms with Gasteiger partial charge < -0.3 is 14.4 Å². The number of nitrogens with zero attached hydrogens (tertiary/aromatic N) is 2. The van der Waals surface area contributed by atoms with E-state index in [1.807, 2.05) is 18.2 Å². The molecule has 0 N–H and O–H groups in total. The van der Waals surface area contributed by atoms with E-state index in [1.165, 1.54) is 23.9 Å². The van der Waals surface area contributed by atoms with Gasteiger partial charge >= 0.3 is 5.97 Å². The Morgan fingerprint density at radius 2 is 2.07 bits per heavy atom. The molecule has 1 aliphatic rings. The van der Waals surface area contributed by atoms with Crippen molar-refractivity contribution in [3.8, 4) is 5.75 Å². The van der Waals surface area contributed by atoms with E-state index in [-0.39, 0.29) is 17.9 Å². The maximum Gasteiger partial charge on any atom is 0.307 e. The predicted octanol–water partition coefficient (Wildman–Crippen LogP) is 4.36. The van der Waals surface area contributed by atoms with E-state index in [1.54, 1.807) is 30.6 Å². The molecule has 28 heavy (non-hydrogen) atoms. The van der Waals surface area contributed by atoms with Gasteiger partial charge in [-0.15, -0.1) is 11.8 Å². The Morgan fingerprint density at radius 1 is 1.29 bits per heavy atom. The minimum absolute atomic E-state index is 0.0998. The van der Waals surface area contributed by atoms with Crippen LogP contribution in [-0.2, 0) is 9.53 Å². The van der Waals surface area contributed by atoms with Crippen molar-refractivity contribution in [3.63, 3.8) is 0 Å². The highest BCUT2D eigenvalue weighted by Gasteiger charge is 2.32. The van der Waals surface area contributed by atoms with E-state index in [9.17, 15) is 9.18 Å². The van der Waals surface area contributed by atoms with Crippen LogP contribution in [0.15, 0.2) is 47.4 Å². The van der Waals surface area contributed by atoms with Crippen molar-refractivity contribution in [2.45, 2.75) is 17.4 Å². The molecule has 146 valence electrons. The number of esters is 1. The molecule has 8 heteroatoms. The molecule has 2 aromatic carbocycles. The first-order valence-electron chi connectivity index (χ1n) is 8.89. The summed E-state index contributed by atoms with van der Waals surface area (Å²) in [6.45, 7) is 1.30. The van der Waals surface area contributed by atoms with Crippen LogP contribution in [0.1, 0.15) is 6.42 Å². The van der Waals surface area contributed by atoms with Gasteiger partial charge in [0, 0.05) is 10.6 Å². The predicted molar refractivity (Wildman–Crippen MR) is 110 cm³/mol. The van der Waals surface area contributed by atoms with Crippen LogP contribution < -0.4 is 9.64 Å². The third kappa shape index (κ3) is 4.23. The summed E-state index contributed by atoms with van der Waals surface area (Å²) >= 11 is 3.12. The van der Waals surface area contributed by atoms with Crippen LogP contribution in [0.2, 0.25) is 0 Å². The van der Waals surface area contributed by atoms with Gasteiger partial charge in [-0.05, 0) is 36.4 Å². The summed E-state index contributed by atoms with van der Waals surface area (Å²) in [6, 6.07) is 12.1. The molecule has 1 saturated heterocycles. The van der Waals surface area contributed by atoms with Crippen LogP contribution in [0.5, 0.6) is 5.75 Å². The largest absolute Gasteiger partial charge is 0.494 e. The molecule has 1 aliphatic heterocycles. The van der Waals surface area contributed by atoms with E-state index in [0.29, 0.717) is 25.3 Å². The summed E-state index contributed by atoms with van der Waals surface area (Å²) in [4.78, 5) is 19.7. The summed E-state index contributed by atoms with van der Waals surface area (Å²) in [7, 11) is 1.64. The van der Waals surface area contributed by atoms with E-state index in [0.717, 1.165) is 26.0 Å². The number of para-hydroxylation sites is 1. The minimum Gasteiger partial charge on any atom is -0.494 e. The van der Waals surface area contributed by atoms with Crippen molar-refractivity contribution in [3.05, 3.63) is 48.3 Å². The van der Waals surface area contributed by atoms with Crippen LogP contribution in [0.4, 0.5) is 9.52 Å². The smallest absolute Gasteiger partial charge is 0.307 e. The molecule has 0 unspecified atom stereocenters. The Labute approximate surface area is 170 Å². The zero-order chi connectivity index (χ0) is 19.5. The first-order valence-corrected chi connectivity index (χ1v) is 10.7. The summed E-state index contributed by atoms with van der Waals surface area (Å²) in [5.41, 5.74) is 0.864. The van der Waals surface area contributed by atoms with Gasteiger partial charge in [0.05, 0.1) is 31.3 Å². The molecule has 0 aliphatic carbocycles. The fourth-order valence-electron chi connectivity index (χ4n) is 2.91. The minimum atomic E-state index is -0.259. The SMILES string of the molecule is COc1cccc2sc(N3CC(OC(=O)CCSc4ccc(F)cc4)C3)nc12. The number of methoxy groups -OCH3 is 1. The summed E-state index contributed by atoms with van der Waals surface area (Å²) in [5, 5.41) is 0.915. The van der Waals surface area contributed by atoms with Crippen molar-refractivity contribution >= 4 is 44.4 Å². The quantitative estimate of drug-likeness (QED) is 0.420. The molecule has 0 spiro atoms. The van der Waals surface area contributed by atoms with E-state index in [2.05, 4.69) is 9.88 Å². The van der Waals surface area contributed by atoms with E-state index < -0.39 is 0 Å². The second-order valence-corrected chi connectivity index (χ2v) is 8.55. The Bertz CT molecular complexity index is 971. The lowest BCUT2D eigenvalue weighted by Gasteiger charge is -2.38. The van der Waals surface area contributed by atoms with Gasteiger partial charge in [0.25, 0.3) is 0 Å². The number of aromatic nitrogens is 1. The number of benzene rings is 2. The van der Waals surface area contributed by atoms with Gasteiger partial charge in [0.15, 0.2) is 5.13 Å². The number of fused-ring (bicyclic) bond motifs is 1. The third-order valence-electron chi connectivity index (χ3n) is 4.40. The van der Waals surface area contributed by atoms with Gasteiger partial charge in [-0.2, -0.15) is 0 Å². The zero-order valence-corrected chi connectivity index (χ0v) is 16.9. The lowest BCUT2D eigenvalue weighted by atomic mass is 10.2. The number of carbonyl (C=O) groups is 1. The molecule has 5 nitrogen and oxygen atoms in total. The molecule has 1 fully saturated rings. The van der Waals surface area contributed by atoms with Crippen LogP contribution in [0.3, 0.4) is 0 Å². The fourth-order valence-corrected chi connectivity index (χ4v) is 4.74. The number of thioether (sulfide) groups is 1. The highest BCUT2D eigenvalue weighted by atomic mass is 32.2. The molecule has 1 aromatic heterocycles. The van der Waals surface area contributed by atoms with Gasteiger partial charge in [0.1, 0.15) is 23.2 Å². The third-order valence-corrected chi connectivity index (χ3v) is 6.49. The van der Waals surface area contributed by atoms with Crippen molar-refractivity contribution < 1.29 is 18.7 Å². The second-order valence-electron chi connectivity index (χ2n) is 6.37. The Balaban J connectivity index is 1.23. The number of halogens is 1. The topological polar surface area (TPSA) is 51.7 Å². The van der Waals surface area contributed by atoms with Gasteiger partial charge in [-0.25, -0.2) is 9.37 Å². The molecule has 3 aromatic rings. The monoisotopic (exact) mass is 418 g/mol. The Morgan fingerprint density at radius 3 is 2.82 bits per heavy atom. The molecule has 0 amide bonds. The maximum atomic E-state index is 12.9. The van der Waals surface area contributed by atoms with Crippen LogP contribution >= 0.6 is 23.1 Å². The summed E-state index contributed by atoms with van der Waals surface area (Å²) in [5.74, 6) is 0.913. The first kappa shape index (κ1) is 19.0. The average molecular weight is 419 g/mol. The van der Waals surface area contributed by atoms with Crippen LogP contribution in [-0.4, -0.2) is 43.0 Å². The van der Waals surface area contributed by atoms with Crippen molar-refractivity contribution in [1.29, 1.82) is 0 Å². The molecular formula is C20H19FN2O3S2. The van der Waals surface area contributed by atoms with E-state index in [4.69, 9.17) is 9.47 Å². The number of rotatable bonds is 7. The van der Waals surface area contributed by atoms with Gasteiger partial charge in [-0.3, -0.25) is 4.79 Å². The molecule has 4 rings (SSSR count). The Kier molecular flexibility index (Phi) is 5.68. The lowest BCUT2D eigenvalue weighted by Crippen LogP contribution is -2.53. The maximum absolute atomic E-state index is 12.9. The number of thiazole rings is 1. The number of hydrogen-bond donors (Lipinski definition) is 0. The van der Waals surface area contributed by atoms with Gasteiger partial charge in [-0.1, -0.05) is 17.4 Å². The van der Waals surface area contributed by atoms with E-state index >= 15 is 0 Å². The number of carbonyl (C=O) groups excluding carboxylic acids is 1. The Hall–Kier alpha value is -2.32. The molecule has 0 bridgehead atoms. The number of hydrogen-bond acceptors (Lipinski definition) is 7. The molecule has 0 radical (unpaired) electrons. The highest BCUT2D eigenvalue weighted by Crippen LogP contribution is 2.36. The molecular weight excluding hydrogens is 399 g/mol. The second kappa shape index (κ2) is 8.36. The first-order chi connectivity index (χ1) is 13.6. The average Bonchev–Trinajstić information content (AvgIpc) is 3.09. The van der Waals surface area contributed by atoms with Crippen molar-refractivity contribution in [2.75, 3.05) is 30.9 Å². The summed E-state index contributed by atoms with van der Waals surface area (Å²) < 4.78 is 24.8. The van der Waals surface area contributed by atoms with Crippen molar-refractivity contribution in [1.82, 2.24) is 4.98 Å². The highest BCUT2D eigenvalue weighted by molar-refractivity contribution is 7.99. The fraction of sp³-hybridized carbons (Fsp3) is 0.300. The lowest BCUT2D eigenvalue weighted by molar-refractivity contribution is -0.149. The van der Waals surface area contributed by atoms with Crippen LogP contribution in [0, 0.1) is 5.82 Å². The van der Waals surface area contributed by atoms with Crippen molar-refractivity contribution in [2.24, 2.45) is 0 Å². The normalized spacial score (nSPS) is 14.1. The molecule has 0 atom stereocenters. The molecule has 2 heterocycles. The summed E-state index contributed by atoms with van der Waals surface area (Å²) in [6.07, 6.45) is 0.230. The zero-order valence-electron chi connectivity index (χ0n) is 15.3. The standard InChI is InChI=1S/C20H19FN2O3S2/c1-25-16-3-2-4-17-19(16)22-20(28-17)23-11-14(12-23)26-18(24)9-10-27-15-7-5-13(21)6-8-15/h2-8,14H,9-12H2,1H3.